The zero-order valence-electron chi connectivity index (χ0n) is 9.63. The van der Waals surface area contributed by atoms with E-state index in [2.05, 4.69) is 0 Å². The standard InChI is InChI=1S/C12H14N2O3/c1-17-9-3-7-13-8-6-10-4-2-5-11(12(10)13)14(15)16/h2,4-6,8H,3,7,9H2,1H3. The molecule has 2 aromatic rings. The van der Waals surface area contributed by atoms with Crippen molar-refractivity contribution in [3.8, 4) is 0 Å². The lowest BCUT2D eigenvalue weighted by Crippen LogP contribution is -2.01. The Bertz CT molecular complexity index is 534. The van der Waals surface area contributed by atoms with Crippen LogP contribution >= 0.6 is 0 Å². The van der Waals surface area contributed by atoms with Crippen molar-refractivity contribution in [3.05, 3.63) is 40.6 Å². The first-order chi connectivity index (χ1) is 8.24. The summed E-state index contributed by atoms with van der Waals surface area (Å²) in [5, 5.41) is 11.9. The van der Waals surface area contributed by atoms with E-state index in [1.165, 1.54) is 6.07 Å². The molecule has 0 saturated carbocycles. The monoisotopic (exact) mass is 234 g/mol. The molecule has 0 aliphatic carbocycles. The molecule has 5 nitrogen and oxygen atoms in total. The van der Waals surface area contributed by atoms with Gasteiger partial charge in [-0.2, -0.15) is 0 Å². The minimum atomic E-state index is -0.338. The second-order valence-corrected chi connectivity index (χ2v) is 3.83. The molecule has 17 heavy (non-hydrogen) atoms. The number of benzene rings is 1. The largest absolute Gasteiger partial charge is 0.385 e. The van der Waals surface area contributed by atoms with Gasteiger partial charge in [-0.25, -0.2) is 0 Å². The maximum atomic E-state index is 11.0. The summed E-state index contributed by atoms with van der Waals surface area (Å²) in [6.45, 7) is 1.38. The molecule has 5 heteroatoms. The average Bonchev–Trinajstić information content (AvgIpc) is 2.73. The number of hydrogen-bond acceptors (Lipinski definition) is 3. The highest BCUT2D eigenvalue weighted by Crippen LogP contribution is 2.26. The molecule has 1 aromatic carbocycles. The Morgan fingerprint density at radius 3 is 2.94 bits per heavy atom. The summed E-state index contributed by atoms with van der Waals surface area (Å²) in [4.78, 5) is 10.6. The van der Waals surface area contributed by atoms with E-state index in [4.69, 9.17) is 4.74 Å². The van der Waals surface area contributed by atoms with E-state index in [9.17, 15) is 10.1 Å². The van der Waals surface area contributed by atoms with Crippen molar-refractivity contribution in [3.63, 3.8) is 0 Å². The highest BCUT2D eigenvalue weighted by Gasteiger charge is 2.14. The molecule has 0 spiro atoms. The van der Waals surface area contributed by atoms with E-state index >= 15 is 0 Å². The van der Waals surface area contributed by atoms with E-state index in [-0.39, 0.29) is 10.6 Å². The van der Waals surface area contributed by atoms with E-state index in [0.29, 0.717) is 12.1 Å². The van der Waals surface area contributed by atoms with Crippen molar-refractivity contribution in [2.75, 3.05) is 13.7 Å². The van der Waals surface area contributed by atoms with Gasteiger partial charge < -0.3 is 9.30 Å². The van der Waals surface area contributed by atoms with Gasteiger partial charge in [0.1, 0.15) is 5.52 Å². The van der Waals surface area contributed by atoms with Gasteiger partial charge in [-0.1, -0.05) is 12.1 Å². The Balaban J connectivity index is 2.39. The van der Waals surface area contributed by atoms with Crippen molar-refractivity contribution < 1.29 is 9.66 Å². The van der Waals surface area contributed by atoms with Crippen LogP contribution in [0.2, 0.25) is 0 Å². The lowest BCUT2D eigenvalue weighted by atomic mass is 10.2. The van der Waals surface area contributed by atoms with Crippen molar-refractivity contribution in [2.45, 2.75) is 13.0 Å². The van der Waals surface area contributed by atoms with Gasteiger partial charge in [-0.15, -0.1) is 0 Å². The summed E-state index contributed by atoms with van der Waals surface area (Å²) in [5.74, 6) is 0. The van der Waals surface area contributed by atoms with Gasteiger partial charge in [-0.3, -0.25) is 10.1 Å². The third-order valence-electron chi connectivity index (χ3n) is 2.71. The Morgan fingerprint density at radius 2 is 2.24 bits per heavy atom. The minimum absolute atomic E-state index is 0.157. The number of nitrogens with zero attached hydrogens (tertiary/aromatic N) is 2. The number of para-hydroxylation sites is 1. The predicted molar refractivity (Wildman–Crippen MR) is 65.1 cm³/mol. The first-order valence-corrected chi connectivity index (χ1v) is 5.45. The third-order valence-corrected chi connectivity index (χ3v) is 2.71. The molecule has 0 aliphatic heterocycles. The predicted octanol–water partition coefficient (Wildman–Crippen LogP) is 2.59. The molecule has 0 atom stereocenters. The highest BCUT2D eigenvalue weighted by atomic mass is 16.6. The Labute approximate surface area is 98.8 Å². The SMILES string of the molecule is COCCCn1ccc2cccc([N+](=O)[O-])c21. The van der Waals surface area contributed by atoms with Crippen molar-refractivity contribution >= 4 is 16.6 Å². The fourth-order valence-corrected chi connectivity index (χ4v) is 1.95. The van der Waals surface area contributed by atoms with Gasteiger partial charge in [0.25, 0.3) is 5.69 Å². The van der Waals surface area contributed by atoms with E-state index in [1.54, 1.807) is 13.2 Å². The summed E-state index contributed by atoms with van der Waals surface area (Å²) < 4.78 is 6.89. The van der Waals surface area contributed by atoms with Crippen LogP contribution in [0.1, 0.15) is 6.42 Å². The second kappa shape index (κ2) is 4.97. The van der Waals surface area contributed by atoms with Crippen molar-refractivity contribution in [1.29, 1.82) is 0 Å². The normalized spacial score (nSPS) is 10.9. The molecule has 0 fully saturated rings. The zero-order valence-corrected chi connectivity index (χ0v) is 9.63. The number of methoxy groups -OCH3 is 1. The lowest BCUT2D eigenvalue weighted by Gasteiger charge is -2.05. The molecular formula is C12H14N2O3. The van der Waals surface area contributed by atoms with Crippen LogP contribution in [0.15, 0.2) is 30.5 Å². The number of hydrogen-bond donors (Lipinski definition) is 0. The maximum absolute atomic E-state index is 11.0. The summed E-state index contributed by atoms with van der Waals surface area (Å²) in [5.41, 5.74) is 0.846. The number of nitro groups is 1. The number of nitro benzene ring substituents is 1. The molecular weight excluding hydrogens is 220 g/mol. The van der Waals surface area contributed by atoms with E-state index in [1.807, 2.05) is 22.9 Å². The number of fused-ring (bicyclic) bond motifs is 1. The van der Waals surface area contributed by atoms with Crippen LogP contribution in [-0.4, -0.2) is 23.2 Å². The fraction of sp³-hybridized carbons (Fsp3) is 0.333. The smallest absolute Gasteiger partial charge is 0.293 e. The van der Waals surface area contributed by atoms with Gasteiger partial charge >= 0.3 is 0 Å². The second-order valence-electron chi connectivity index (χ2n) is 3.83. The van der Waals surface area contributed by atoms with Crippen LogP contribution in [-0.2, 0) is 11.3 Å². The van der Waals surface area contributed by atoms with Crippen molar-refractivity contribution in [2.24, 2.45) is 0 Å². The van der Waals surface area contributed by atoms with Gasteiger partial charge in [-0.05, 0) is 12.5 Å². The quantitative estimate of drug-likeness (QED) is 0.454. The van der Waals surface area contributed by atoms with E-state index < -0.39 is 0 Å². The van der Waals surface area contributed by atoms with Gasteiger partial charge in [0.15, 0.2) is 0 Å². The van der Waals surface area contributed by atoms with Crippen LogP contribution in [0.5, 0.6) is 0 Å². The summed E-state index contributed by atoms with van der Waals surface area (Å²) in [6, 6.07) is 7.03. The summed E-state index contributed by atoms with van der Waals surface area (Å²) in [7, 11) is 1.65. The molecule has 1 aromatic heterocycles. The fourth-order valence-electron chi connectivity index (χ4n) is 1.95. The molecule has 2 rings (SSSR count). The molecule has 0 unspecified atom stereocenters. The molecule has 0 saturated heterocycles. The molecule has 90 valence electrons. The molecule has 0 bridgehead atoms. The number of aromatic nitrogens is 1. The first-order valence-electron chi connectivity index (χ1n) is 5.45. The minimum Gasteiger partial charge on any atom is -0.385 e. The topological polar surface area (TPSA) is 57.3 Å². The molecule has 0 aliphatic rings. The van der Waals surface area contributed by atoms with Crippen LogP contribution in [0.4, 0.5) is 5.69 Å². The number of aryl methyl sites for hydroxylation is 1. The summed E-state index contributed by atoms with van der Waals surface area (Å²) in [6.07, 6.45) is 2.72. The van der Waals surface area contributed by atoms with Gasteiger partial charge in [0, 0.05) is 37.9 Å². The molecule has 1 heterocycles. The van der Waals surface area contributed by atoms with Crippen LogP contribution in [0.3, 0.4) is 0 Å². The lowest BCUT2D eigenvalue weighted by molar-refractivity contribution is -0.383. The Hall–Kier alpha value is -1.88. The Morgan fingerprint density at radius 1 is 1.41 bits per heavy atom. The highest BCUT2D eigenvalue weighted by molar-refractivity contribution is 5.88. The van der Waals surface area contributed by atoms with Gasteiger partial charge in [0.2, 0.25) is 0 Å². The molecule has 0 amide bonds. The maximum Gasteiger partial charge on any atom is 0.293 e. The van der Waals surface area contributed by atoms with Crippen LogP contribution in [0.25, 0.3) is 10.9 Å². The van der Waals surface area contributed by atoms with Gasteiger partial charge in [0.05, 0.1) is 4.92 Å². The van der Waals surface area contributed by atoms with Crippen LogP contribution < -0.4 is 0 Å². The molecule has 0 radical (unpaired) electrons. The van der Waals surface area contributed by atoms with Crippen LogP contribution in [0, 0.1) is 10.1 Å². The summed E-state index contributed by atoms with van der Waals surface area (Å²) >= 11 is 0. The van der Waals surface area contributed by atoms with Crippen molar-refractivity contribution in [1.82, 2.24) is 4.57 Å². The average molecular weight is 234 g/mol. The third kappa shape index (κ3) is 2.29. The zero-order chi connectivity index (χ0) is 12.3. The number of ether oxygens (including phenoxy) is 1. The van der Waals surface area contributed by atoms with E-state index in [0.717, 1.165) is 18.4 Å². The number of non-ortho nitro benzene ring substituents is 1. The number of rotatable bonds is 5. The Kier molecular flexibility index (Phi) is 3.39. The molecule has 0 N–H and O–H groups in total. The first kappa shape index (κ1) is 11.6.